The van der Waals surface area contributed by atoms with Gasteiger partial charge in [-0.3, -0.25) is 4.90 Å². The Morgan fingerprint density at radius 3 is 2.58 bits per heavy atom. The lowest BCUT2D eigenvalue weighted by molar-refractivity contribution is 0.224. The molecule has 2 aromatic rings. The molecule has 0 bridgehead atoms. The summed E-state index contributed by atoms with van der Waals surface area (Å²) in [6, 6.07) is 5.86. The third kappa shape index (κ3) is 3.69. The summed E-state index contributed by atoms with van der Waals surface area (Å²) in [6.07, 6.45) is 3.92. The van der Waals surface area contributed by atoms with Gasteiger partial charge in [0.1, 0.15) is 5.82 Å². The molecule has 24 heavy (non-hydrogen) atoms. The van der Waals surface area contributed by atoms with Gasteiger partial charge < -0.3 is 5.32 Å². The third-order valence-corrected chi connectivity index (χ3v) is 3.71. The molecule has 0 atom stereocenters. The van der Waals surface area contributed by atoms with Crippen LogP contribution in [0.4, 0.5) is 15.1 Å². The van der Waals surface area contributed by atoms with Crippen LogP contribution in [0.15, 0.2) is 36.7 Å². The molecule has 122 valence electrons. The van der Waals surface area contributed by atoms with Gasteiger partial charge in [-0.15, -0.1) is 0 Å². The molecule has 0 unspecified atom stereocenters. The van der Waals surface area contributed by atoms with Crippen LogP contribution in [0, 0.1) is 17.7 Å². The Kier molecular flexibility index (Phi) is 4.17. The number of benzene rings is 1. The molecule has 1 saturated heterocycles. The Labute approximate surface area is 139 Å². The molecule has 1 aromatic carbocycles. The highest BCUT2D eigenvalue weighted by molar-refractivity contribution is 5.91. The molecule has 1 aliphatic heterocycles. The molecule has 5 nitrogen and oxygen atoms in total. The van der Waals surface area contributed by atoms with E-state index in [0.29, 0.717) is 23.6 Å². The van der Waals surface area contributed by atoms with E-state index in [0.717, 1.165) is 6.42 Å². The highest BCUT2D eigenvalue weighted by Crippen LogP contribution is 2.19. The summed E-state index contributed by atoms with van der Waals surface area (Å²) in [5.74, 6) is 5.76. The van der Waals surface area contributed by atoms with Gasteiger partial charge in [0.2, 0.25) is 5.95 Å². The van der Waals surface area contributed by atoms with E-state index < -0.39 is 0 Å². The highest BCUT2D eigenvalue weighted by Gasteiger charge is 2.32. The van der Waals surface area contributed by atoms with Crippen molar-refractivity contribution in [1.82, 2.24) is 15.3 Å². The minimum atomic E-state index is -0.326. The molecular weight excluding hydrogens is 307 g/mol. The maximum atomic E-state index is 13.1. The maximum Gasteiger partial charge on any atom is 0.324 e. The van der Waals surface area contributed by atoms with Gasteiger partial charge in [-0.25, -0.2) is 19.2 Å². The van der Waals surface area contributed by atoms with Crippen molar-refractivity contribution in [3.63, 3.8) is 0 Å². The first-order chi connectivity index (χ1) is 11.4. The lowest BCUT2D eigenvalue weighted by Crippen LogP contribution is -2.57. The summed E-state index contributed by atoms with van der Waals surface area (Å²) >= 11 is 0. The Balaban J connectivity index is 1.74. The number of amides is 2. The summed E-state index contributed by atoms with van der Waals surface area (Å²) in [6.45, 7) is 4.52. The van der Waals surface area contributed by atoms with Crippen LogP contribution in [0.2, 0.25) is 0 Å². The maximum absolute atomic E-state index is 13.1. The van der Waals surface area contributed by atoms with Crippen LogP contribution in [0.3, 0.4) is 0 Å². The number of anilines is 1. The van der Waals surface area contributed by atoms with Crippen molar-refractivity contribution in [2.75, 3.05) is 11.4 Å². The van der Waals surface area contributed by atoms with E-state index in [4.69, 9.17) is 0 Å². The Morgan fingerprint density at radius 1 is 1.21 bits per heavy atom. The predicted molar refractivity (Wildman–Crippen MR) is 89.0 cm³/mol. The minimum Gasteiger partial charge on any atom is -0.333 e. The average molecular weight is 324 g/mol. The van der Waals surface area contributed by atoms with Gasteiger partial charge in [0.05, 0.1) is 5.56 Å². The normalized spacial score (nSPS) is 16.1. The van der Waals surface area contributed by atoms with Crippen molar-refractivity contribution in [1.29, 1.82) is 0 Å². The van der Waals surface area contributed by atoms with E-state index in [-0.39, 0.29) is 17.4 Å². The second-order valence-corrected chi connectivity index (χ2v) is 6.25. The van der Waals surface area contributed by atoms with Gasteiger partial charge in [-0.05, 0) is 38.5 Å². The van der Waals surface area contributed by atoms with Crippen molar-refractivity contribution in [2.24, 2.45) is 0 Å². The summed E-state index contributed by atoms with van der Waals surface area (Å²) < 4.78 is 13.1. The molecule has 6 heteroatoms. The van der Waals surface area contributed by atoms with Crippen LogP contribution in [0.1, 0.15) is 31.4 Å². The topological polar surface area (TPSA) is 58.1 Å². The van der Waals surface area contributed by atoms with Gasteiger partial charge in [0, 0.05) is 30.0 Å². The number of rotatable bonds is 1. The Hall–Kier alpha value is -2.94. The van der Waals surface area contributed by atoms with E-state index in [1.165, 1.54) is 17.0 Å². The Morgan fingerprint density at radius 2 is 1.92 bits per heavy atom. The molecule has 1 N–H and O–H groups in total. The van der Waals surface area contributed by atoms with Crippen LogP contribution in [-0.4, -0.2) is 28.1 Å². The lowest BCUT2D eigenvalue weighted by atomic mass is 9.99. The largest absolute Gasteiger partial charge is 0.333 e. The first kappa shape index (κ1) is 15.9. The van der Waals surface area contributed by atoms with E-state index in [1.54, 1.807) is 24.5 Å². The van der Waals surface area contributed by atoms with Crippen molar-refractivity contribution in [3.05, 3.63) is 53.6 Å². The molecule has 3 rings (SSSR count). The number of nitrogens with zero attached hydrogens (tertiary/aromatic N) is 3. The number of halogens is 1. The van der Waals surface area contributed by atoms with Crippen molar-refractivity contribution < 1.29 is 9.18 Å². The number of hydrogen-bond acceptors (Lipinski definition) is 3. The molecule has 0 saturated carbocycles. The first-order valence-corrected chi connectivity index (χ1v) is 7.62. The van der Waals surface area contributed by atoms with Crippen molar-refractivity contribution in [2.45, 2.75) is 25.8 Å². The summed E-state index contributed by atoms with van der Waals surface area (Å²) in [7, 11) is 0. The second-order valence-electron chi connectivity index (χ2n) is 6.25. The van der Waals surface area contributed by atoms with Gasteiger partial charge >= 0.3 is 6.03 Å². The van der Waals surface area contributed by atoms with Crippen molar-refractivity contribution >= 4 is 12.0 Å². The fourth-order valence-electron chi connectivity index (χ4n) is 2.34. The third-order valence-electron chi connectivity index (χ3n) is 3.71. The van der Waals surface area contributed by atoms with Gasteiger partial charge in [-0.2, -0.15) is 0 Å². The number of carbonyl (C=O) groups excluding carboxylic acids is 1. The fourth-order valence-corrected chi connectivity index (χ4v) is 2.34. The minimum absolute atomic E-state index is 0.204. The fraction of sp³-hybridized carbons (Fsp3) is 0.278. The lowest BCUT2D eigenvalue weighted by Gasteiger charge is -2.36. The van der Waals surface area contributed by atoms with Crippen LogP contribution in [0.5, 0.6) is 0 Å². The van der Waals surface area contributed by atoms with Gasteiger partial charge in [0.15, 0.2) is 0 Å². The second kappa shape index (κ2) is 6.28. The van der Waals surface area contributed by atoms with Crippen LogP contribution in [-0.2, 0) is 0 Å². The number of nitrogens with one attached hydrogen (secondary N) is 1. The SMILES string of the molecule is CC1(C)CCN(c2ncc(C#Cc3cccc(F)c3)cn2)C(=O)N1. The molecule has 2 amide bonds. The summed E-state index contributed by atoms with van der Waals surface area (Å²) in [5.41, 5.74) is 0.960. The molecule has 1 aromatic heterocycles. The standard InChI is InChI=1S/C18H17FN4O/c1-18(2)8-9-23(17(24)22-18)16-20-11-14(12-21-16)7-6-13-4-3-5-15(19)10-13/h3-5,10-12H,8-9H2,1-2H3,(H,22,24). The summed E-state index contributed by atoms with van der Waals surface area (Å²) in [5, 5.41) is 2.91. The molecule has 1 fully saturated rings. The van der Waals surface area contributed by atoms with E-state index in [9.17, 15) is 9.18 Å². The average Bonchev–Trinajstić information content (AvgIpc) is 2.53. The van der Waals surface area contributed by atoms with Crippen LogP contribution >= 0.6 is 0 Å². The zero-order valence-electron chi connectivity index (χ0n) is 13.5. The molecule has 0 radical (unpaired) electrons. The molecule has 0 spiro atoms. The molecule has 1 aliphatic rings. The van der Waals surface area contributed by atoms with E-state index in [1.807, 2.05) is 13.8 Å². The smallest absolute Gasteiger partial charge is 0.324 e. The number of hydrogen-bond donors (Lipinski definition) is 1. The zero-order chi connectivity index (χ0) is 17.2. The first-order valence-electron chi connectivity index (χ1n) is 7.62. The summed E-state index contributed by atoms with van der Waals surface area (Å²) in [4.78, 5) is 22.0. The van der Waals surface area contributed by atoms with Crippen LogP contribution < -0.4 is 10.2 Å². The van der Waals surface area contributed by atoms with Crippen LogP contribution in [0.25, 0.3) is 0 Å². The monoisotopic (exact) mass is 324 g/mol. The quantitative estimate of drug-likeness (QED) is 0.821. The molecule has 2 heterocycles. The Bertz CT molecular complexity index is 821. The highest BCUT2D eigenvalue weighted by atomic mass is 19.1. The van der Waals surface area contributed by atoms with Gasteiger partial charge in [-0.1, -0.05) is 17.9 Å². The van der Waals surface area contributed by atoms with Crippen molar-refractivity contribution in [3.8, 4) is 11.8 Å². The van der Waals surface area contributed by atoms with E-state index in [2.05, 4.69) is 27.1 Å². The van der Waals surface area contributed by atoms with E-state index >= 15 is 0 Å². The molecular formula is C18H17FN4O. The molecule has 0 aliphatic carbocycles. The number of carbonyl (C=O) groups is 1. The predicted octanol–water partition coefficient (Wildman–Crippen LogP) is 2.71. The number of aromatic nitrogens is 2. The van der Waals surface area contributed by atoms with Gasteiger partial charge in [0.25, 0.3) is 0 Å². The zero-order valence-corrected chi connectivity index (χ0v) is 13.5. The number of urea groups is 1.